The number of benzene rings is 3. The molecule has 5 aromatic rings. The average Bonchev–Trinajstić information content (AvgIpc) is 3.37. The second kappa shape index (κ2) is 11.7. The van der Waals surface area contributed by atoms with E-state index < -0.39 is 28.8 Å². The van der Waals surface area contributed by atoms with Crippen LogP contribution in [0.15, 0.2) is 107 Å². The van der Waals surface area contributed by atoms with Gasteiger partial charge >= 0.3 is 11.7 Å². The molecule has 0 saturated heterocycles. The first-order valence-electron chi connectivity index (χ1n) is 12.8. The van der Waals surface area contributed by atoms with Gasteiger partial charge in [-0.15, -0.1) is 0 Å². The third-order valence-corrected chi connectivity index (χ3v) is 6.55. The van der Waals surface area contributed by atoms with Crippen molar-refractivity contribution in [1.29, 1.82) is 0 Å². The first-order chi connectivity index (χ1) is 19.9. The summed E-state index contributed by atoms with van der Waals surface area (Å²) >= 11 is 0. The van der Waals surface area contributed by atoms with Crippen LogP contribution in [0.4, 0.5) is 0 Å². The van der Waals surface area contributed by atoms with Gasteiger partial charge in [-0.05, 0) is 16.7 Å². The number of methoxy groups -OCH3 is 1. The molecule has 0 saturated carbocycles. The van der Waals surface area contributed by atoms with E-state index in [-0.39, 0.29) is 36.6 Å². The number of aliphatic hydroxyl groups excluding tert-OH is 1. The predicted molar refractivity (Wildman–Crippen MR) is 153 cm³/mol. The third-order valence-electron chi connectivity index (χ3n) is 6.55. The summed E-state index contributed by atoms with van der Waals surface area (Å²) in [6, 6.07) is 27.5. The maximum atomic E-state index is 14.0. The summed E-state index contributed by atoms with van der Waals surface area (Å²) in [6.07, 6.45) is 0.691. The van der Waals surface area contributed by atoms with E-state index in [1.807, 2.05) is 91.0 Å². The SMILES string of the molecule is COC(=O)C(=O)/C=C(\O)c1nc2c(c(=O)n(Cc3ccccc3)c(=O)n2Cc2ccccc2)n1Cc1ccccc1. The molecule has 2 aromatic heterocycles. The van der Waals surface area contributed by atoms with E-state index in [9.17, 15) is 24.3 Å². The van der Waals surface area contributed by atoms with Crippen LogP contribution in [0.5, 0.6) is 0 Å². The molecule has 0 fully saturated rings. The third kappa shape index (κ3) is 5.62. The molecule has 3 aromatic carbocycles. The number of aromatic nitrogens is 4. The molecule has 0 aliphatic carbocycles. The van der Waals surface area contributed by atoms with E-state index in [1.54, 1.807) is 0 Å². The van der Waals surface area contributed by atoms with Gasteiger partial charge in [-0.3, -0.25) is 18.7 Å². The number of imidazole rings is 1. The van der Waals surface area contributed by atoms with Crippen LogP contribution in [0.3, 0.4) is 0 Å². The van der Waals surface area contributed by atoms with Crippen molar-refractivity contribution in [3.63, 3.8) is 0 Å². The quantitative estimate of drug-likeness (QED) is 0.129. The zero-order valence-corrected chi connectivity index (χ0v) is 22.1. The fraction of sp³-hybridized carbons (Fsp3) is 0.129. The van der Waals surface area contributed by atoms with Crippen LogP contribution >= 0.6 is 0 Å². The van der Waals surface area contributed by atoms with Crippen LogP contribution in [0.1, 0.15) is 22.5 Å². The Morgan fingerprint density at radius 3 is 1.71 bits per heavy atom. The van der Waals surface area contributed by atoms with Crippen molar-refractivity contribution in [2.24, 2.45) is 0 Å². The number of rotatable bonds is 9. The van der Waals surface area contributed by atoms with Crippen molar-refractivity contribution in [3.8, 4) is 0 Å². The van der Waals surface area contributed by atoms with Gasteiger partial charge in [0.25, 0.3) is 11.3 Å². The largest absolute Gasteiger partial charge is 0.504 e. The van der Waals surface area contributed by atoms with Crippen molar-refractivity contribution in [3.05, 3.63) is 140 Å². The van der Waals surface area contributed by atoms with E-state index in [0.29, 0.717) is 6.08 Å². The lowest BCUT2D eigenvalue weighted by atomic mass is 10.2. The summed E-state index contributed by atoms with van der Waals surface area (Å²) in [4.78, 5) is 56.4. The number of carbonyl (C=O) groups is 2. The normalized spacial score (nSPS) is 11.5. The minimum absolute atomic E-state index is 0.0116. The molecular weight excluding hydrogens is 524 g/mol. The van der Waals surface area contributed by atoms with Gasteiger partial charge in [0, 0.05) is 6.08 Å². The van der Waals surface area contributed by atoms with Crippen molar-refractivity contribution in [1.82, 2.24) is 18.7 Å². The van der Waals surface area contributed by atoms with Crippen molar-refractivity contribution >= 4 is 28.7 Å². The van der Waals surface area contributed by atoms with Crippen LogP contribution in [-0.4, -0.2) is 42.7 Å². The summed E-state index contributed by atoms with van der Waals surface area (Å²) in [5.41, 5.74) is 1.21. The van der Waals surface area contributed by atoms with Crippen molar-refractivity contribution in [2.45, 2.75) is 19.6 Å². The highest BCUT2D eigenvalue weighted by Crippen LogP contribution is 2.21. The van der Waals surface area contributed by atoms with Crippen LogP contribution in [0.2, 0.25) is 0 Å². The Morgan fingerprint density at radius 2 is 1.22 bits per heavy atom. The maximum absolute atomic E-state index is 14.0. The molecule has 10 heteroatoms. The second-order valence-electron chi connectivity index (χ2n) is 9.30. The van der Waals surface area contributed by atoms with E-state index in [4.69, 9.17) is 0 Å². The summed E-state index contributed by atoms with van der Waals surface area (Å²) in [6.45, 7) is 0.192. The van der Waals surface area contributed by atoms with E-state index in [2.05, 4.69) is 9.72 Å². The van der Waals surface area contributed by atoms with Gasteiger partial charge in [-0.25, -0.2) is 14.6 Å². The van der Waals surface area contributed by atoms with Gasteiger partial charge in [0.2, 0.25) is 0 Å². The Labute approximate surface area is 234 Å². The molecule has 5 rings (SSSR count). The van der Waals surface area contributed by atoms with Crippen LogP contribution in [0, 0.1) is 0 Å². The molecule has 0 amide bonds. The van der Waals surface area contributed by atoms with Crippen LogP contribution in [-0.2, 0) is 34.0 Å². The Bertz CT molecular complexity index is 1870. The lowest BCUT2D eigenvalue weighted by Crippen LogP contribution is -2.41. The molecule has 0 radical (unpaired) electrons. The van der Waals surface area contributed by atoms with Gasteiger partial charge < -0.3 is 14.4 Å². The van der Waals surface area contributed by atoms with E-state index in [1.165, 1.54) is 9.13 Å². The molecule has 206 valence electrons. The lowest BCUT2D eigenvalue weighted by molar-refractivity contribution is -0.149. The Balaban J connectivity index is 1.81. The predicted octanol–water partition coefficient (Wildman–Crippen LogP) is 3.15. The monoisotopic (exact) mass is 550 g/mol. The first-order valence-corrected chi connectivity index (χ1v) is 12.8. The molecule has 10 nitrogen and oxygen atoms in total. The van der Waals surface area contributed by atoms with Crippen LogP contribution in [0.25, 0.3) is 16.9 Å². The highest BCUT2D eigenvalue weighted by Gasteiger charge is 2.25. The number of ether oxygens (including phenoxy) is 1. The number of hydrogen-bond donors (Lipinski definition) is 1. The fourth-order valence-corrected chi connectivity index (χ4v) is 4.57. The van der Waals surface area contributed by atoms with Gasteiger partial charge in [0.15, 0.2) is 22.7 Å². The zero-order valence-electron chi connectivity index (χ0n) is 22.1. The number of hydrogen-bond acceptors (Lipinski definition) is 7. The molecular formula is C31H26N4O6. The minimum atomic E-state index is -1.17. The zero-order chi connectivity index (χ0) is 28.9. The number of aliphatic hydroxyl groups is 1. The summed E-state index contributed by atoms with van der Waals surface area (Å²) in [5.74, 6) is -3.09. The van der Waals surface area contributed by atoms with E-state index in [0.717, 1.165) is 28.4 Å². The highest BCUT2D eigenvalue weighted by molar-refractivity contribution is 6.39. The number of ketones is 1. The molecule has 0 spiro atoms. The second-order valence-corrected chi connectivity index (χ2v) is 9.30. The molecule has 41 heavy (non-hydrogen) atoms. The average molecular weight is 551 g/mol. The number of esters is 1. The topological polar surface area (TPSA) is 125 Å². The number of fused-ring (bicyclic) bond motifs is 1. The van der Waals surface area contributed by atoms with Gasteiger partial charge in [0.05, 0.1) is 26.7 Å². The van der Waals surface area contributed by atoms with Gasteiger partial charge in [0.1, 0.15) is 0 Å². The Hall–Kier alpha value is -5.51. The molecule has 0 aliphatic rings. The van der Waals surface area contributed by atoms with Crippen LogP contribution < -0.4 is 11.2 Å². The number of nitrogens with zero attached hydrogens (tertiary/aromatic N) is 4. The Morgan fingerprint density at radius 1 is 0.756 bits per heavy atom. The van der Waals surface area contributed by atoms with Gasteiger partial charge in [-0.1, -0.05) is 91.0 Å². The lowest BCUT2D eigenvalue weighted by Gasteiger charge is -2.13. The first kappa shape index (κ1) is 27.1. The van der Waals surface area contributed by atoms with Crippen molar-refractivity contribution in [2.75, 3.05) is 7.11 Å². The maximum Gasteiger partial charge on any atom is 0.378 e. The number of carbonyl (C=O) groups excluding carboxylic acids is 2. The highest BCUT2D eigenvalue weighted by atomic mass is 16.5. The smallest absolute Gasteiger partial charge is 0.378 e. The van der Waals surface area contributed by atoms with E-state index >= 15 is 0 Å². The molecule has 0 aliphatic heterocycles. The summed E-state index contributed by atoms with van der Waals surface area (Å²) < 4.78 is 8.41. The molecule has 0 bridgehead atoms. The summed E-state index contributed by atoms with van der Waals surface area (Å²) in [7, 11) is 1.05. The minimum Gasteiger partial charge on any atom is -0.504 e. The summed E-state index contributed by atoms with van der Waals surface area (Å²) in [5, 5.41) is 11.0. The molecule has 0 atom stereocenters. The Kier molecular flexibility index (Phi) is 7.73. The van der Waals surface area contributed by atoms with Crippen molar-refractivity contribution < 1.29 is 19.4 Å². The standard InChI is InChI=1S/C31H26N4O6/c1-41-30(39)25(37)17-24(36)27-32-28-26(33(27)18-21-11-5-2-6-12-21)29(38)35(20-23-15-9-4-10-16-23)31(40)34(28)19-22-13-7-3-8-14-22/h2-17,36H,18-20H2,1H3/b24-17-. The fourth-order valence-electron chi connectivity index (χ4n) is 4.57. The van der Waals surface area contributed by atoms with Gasteiger partial charge in [-0.2, -0.15) is 0 Å². The molecule has 0 unspecified atom stereocenters. The molecule has 2 heterocycles. The molecule has 1 N–H and O–H groups in total.